The number of carboxylic acids is 1. The lowest BCUT2D eigenvalue weighted by atomic mass is 10.0. The van der Waals surface area contributed by atoms with Gasteiger partial charge in [-0.2, -0.15) is 0 Å². The van der Waals surface area contributed by atoms with E-state index in [4.69, 9.17) is 5.11 Å². The molecule has 2 rings (SSSR count). The highest BCUT2D eigenvalue weighted by Crippen LogP contribution is 2.34. The number of aliphatic carboxylic acids is 1. The fraction of sp³-hybridized carbons (Fsp3) is 0.500. The summed E-state index contributed by atoms with van der Waals surface area (Å²) in [5.74, 6) is -0.243. The van der Waals surface area contributed by atoms with E-state index in [9.17, 15) is 9.59 Å². The van der Waals surface area contributed by atoms with Crippen LogP contribution in [0, 0.1) is 5.92 Å². The molecule has 2 amide bonds. The molecule has 1 aromatic rings. The van der Waals surface area contributed by atoms with Crippen molar-refractivity contribution in [2.24, 2.45) is 5.92 Å². The van der Waals surface area contributed by atoms with Crippen LogP contribution in [0.15, 0.2) is 24.3 Å². The molecule has 114 valence electrons. The highest BCUT2D eigenvalue weighted by atomic mass is 16.4. The van der Waals surface area contributed by atoms with Crippen molar-refractivity contribution in [3.63, 3.8) is 0 Å². The Labute approximate surface area is 124 Å². The second kappa shape index (κ2) is 7.11. The van der Waals surface area contributed by atoms with Crippen LogP contribution in [0.25, 0.3) is 0 Å². The normalized spacial score (nSPS) is 19.9. The predicted octanol–water partition coefficient (Wildman–Crippen LogP) is 2.30. The minimum atomic E-state index is -0.868. The summed E-state index contributed by atoms with van der Waals surface area (Å²) < 4.78 is 0. The molecule has 0 aromatic heterocycles. The van der Waals surface area contributed by atoms with Crippen molar-refractivity contribution < 1.29 is 14.7 Å². The van der Waals surface area contributed by atoms with Gasteiger partial charge in [0.05, 0.1) is 6.42 Å². The van der Waals surface area contributed by atoms with Gasteiger partial charge in [0.25, 0.3) is 0 Å². The van der Waals surface area contributed by atoms with Crippen LogP contribution >= 0.6 is 0 Å². The van der Waals surface area contributed by atoms with Crippen molar-refractivity contribution in [3.05, 3.63) is 35.4 Å². The van der Waals surface area contributed by atoms with Crippen LogP contribution in [-0.2, 0) is 17.8 Å². The van der Waals surface area contributed by atoms with E-state index in [0.29, 0.717) is 18.5 Å². The third-order valence-corrected chi connectivity index (χ3v) is 3.80. The van der Waals surface area contributed by atoms with Crippen LogP contribution in [-0.4, -0.2) is 23.1 Å². The molecule has 0 saturated heterocycles. The van der Waals surface area contributed by atoms with Gasteiger partial charge in [0.2, 0.25) is 0 Å². The van der Waals surface area contributed by atoms with Gasteiger partial charge in [0.15, 0.2) is 0 Å². The molecule has 2 atom stereocenters. The first kappa shape index (κ1) is 15.4. The molecule has 21 heavy (non-hydrogen) atoms. The molecule has 5 heteroatoms. The molecule has 2 unspecified atom stereocenters. The molecular formula is C16H22N2O3. The number of urea groups is 1. The average molecular weight is 290 g/mol. The van der Waals surface area contributed by atoms with Gasteiger partial charge in [0, 0.05) is 12.6 Å². The van der Waals surface area contributed by atoms with Crippen LogP contribution in [0.2, 0.25) is 0 Å². The standard InChI is InChI=1S/C16H22N2O3/c1-2-5-12-8-14(12)18-16(21)17-10-13-7-4-3-6-11(13)9-15(19)20/h3-4,6-7,12,14H,2,5,8-10H2,1H3,(H,19,20)(H2,17,18,21). The van der Waals surface area contributed by atoms with Crippen molar-refractivity contribution >= 4 is 12.0 Å². The summed E-state index contributed by atoms with van der Waals surface area (Å²) in [5.41, 5.74) is 1.58. The molecule has 1 fully saturated rings. The van der Waals surface area contributed by atoms with E-state index in [1.54, 1.807) is 12.1 Å². The maximum absolute atomic E-state index is 11.8. The number of carbonyl (C=O) groups is 2. The van der Waals surface area contributed by atoms with Crippen LogP contribution in [0.5, 0.6) is 0 Å². The third-order valence-electron chi connectivity index (χ3n) is 3.80. The molecule has 1 aliphatic rings. The molecule has 3 N–H and O–H groups in total. The maximum atomic E-state index is 11.8. The number of carboxylic acid groups (broad SMARTS) is 1. The van der Waals surface area contributed by atoms with Gasteiger partial charge in [-0.3, -0.25) is 4.79 Å². The smallest absolute Gasteiger partial charge is 0.315 e. The number of carbonyl (C=O) groups excluding carboxylic acids is 1. The first-order chi connectivity index (χ1) is 10.1. The number of benzene rings is 1. The molecule has 0 spiro atoms. The molecular weight excluding hydrogens is 268 g/mol. The Bertz CT molecular complexity index is 516. The molecule has 1 aromatic carbocycles. The van der Waals surface area contributed by atoms with Gasteiger partial charge < -0.3 is 15.7 Å². The summed E-state index contributed by atoms with van der Waals surface area (Å²) in [4.78, 5) is 22.6. The number of amides is 2. The Morgan fingerprint density at radius 2 is 2.00 bits per heavy atom. The minimum Gasteiger partial charge on any atom is -0.481 e. The van der Waals surface area contributed by atoms with Crippen LogP contribution < -0.4 is 10.6 Å². The van der Waals surface area contributed by atoms with E-state index in [-0.39, 0.29) is 12.5 Å². The minimum absolute atomic E-state index is 0.0271. The highest BCUT2D eigenvalue weighted by Gasteiger charge is 2.37. The zero-order valence-electron chi connectivity index (χ0n) is 12.3. The van der Waals surface area contributed by atoms with E-state index < -0.39 is 5.97 Å². The summed E-state index contributed by atoms with van der Waals surface area (Å²) in [6, 6.07) is 7.40. The number of hydrogen-bond acceptors (Lipinski definition) is 2. The average Bonchev–Trinajstić information content (AvgIpc) is 3.15. The molecule has 1 aliphatic carbocycles. The van der Waals surface area contributed by atoms with Crippen LogP contribution in [0.3, 0.4) is 0 Å². The molecule has 0 aliphatic heterocycles. The van der Waals surface area contributed by atoms with E-state index in [1.807, 2.05) is 12.1 Å². The molecule has 5 nitrogen and oxygen atoms in total. The first-order valence-electron chi connectivity index (χ1n) is 7.43. The van der Waals surface area contributed by atoms with E-state index in [1.165, 1.54) is 0 Å². The first-order valence-corrected chi connectivity index (χ1v) is 7.43. The zero-order valence-corrected chi connectivity index (χ0v) is 12.3. The van der Waals surface area contributed by atoms with Gasteiger partial charge in [-0.25, -0.2) is 4.79 Å². The number of rotatable bonds is 7. The lowest BCUT2D eigenvalue weighted by molar-refractivity contribution is -0.136. The summed E-state index contributed by atoms with van der Waals surface area (Å²) in [6.07, 6.45) is 3.34. The lowest BCUT2D eigenvalue weighted by Crippen LogP contribution is -2.37. The van der Waals surface area contributed by atoms with Crippen LogP contribution in [0.1, 0.15) is 37.3 Å². The van der Waals surface area contributed by atoms with E-state index >= 15 is 0 Å². The second-order valence-electron chi connectivity index (χ2n) is 5.56. The van der Waals surface area contributed by atoms with E-state index in [2.05, 4.69) is 17.6 Å². The van der Waals surface area contributed by atoms with Crippen molar-refractivity contribution in [1.29, 1.82) is 0 Å². The quantitative estimate of drug-likeness (QED) is 0.721. The fourth-order valence-electron chi connectivity index (χ4n) is 2.57. The van der Waals surface area contributed by atoms with Crippen LogP contribution in [0.4, 0.5) is 4.79 Å². The largest absolute Gasteiger partial charge is 0.481 e. The monoisotopic (exact) mass is 290 g/mol. The van der Waals surface area contributed by atoms with Crippen molar-refractivity contribution in [2.75, 3.05) is 0 Å². The Morgan fingerprint density at radius 3 is 2.67 bits per heavy atom. The topological polar surface area (TPSA) is 78.4 Å². The summed E-state index contributed by atoms with van der Waals surface area (Å²) in [6.45, 7) is 2.50. The van der Waals surface area contributed by atoms with Gasteiger partial charge in [0.1, 0.15) is 0 Å². The molecule has 0 heterocycles. The van der Waals surface area contributed by atoms with Gasteiger partial charge >= 0.3 is 12.0 Å². The Balaban J connectivity index is 1.80. The Hall–Kier alpha value is -2.04. The second-order valence-corrected chi connectivity index (χ2v) is 5.56. The SMILES string of the molecule is CCCC1CC1NC(=O)NCc1ccccc1CC(=O)O. The fourth-order valence-corrected chi connectivity index (χ4v) is 2.57. The van der Waals surface area contributed by atoms with Gasteiger partial charge in [-0.1, -0.05) is 37.6 Å². The maximum Gasteiger partial charge on any atom is 0.315 e. The molecule has 0 radical (unpaired) electrons. The highest BCUT2D eigenvalue weighted by molar-refractivity contribution is 5.75. The van der Waals surface area contributed by atoms with Gasteiger partial charge in [-0.05, 0) is 29.9 Å². The van der Waals surface area contributed by atoms with Crippen molar-refractivity contribution in [2.45, 2.75) is 45.2 Å². The zero-order chi connectivity index (χ0) is 15.2. The Kier molecular flexibility index (Phi) is 5.20. The van der Waals surface area contributed by atoms with Gasteiger partial charge in [-0.15, -0.1) is 0 Å². The predicted molar refractivity (Wildman–Crippen MR) is 80.0 cm³/mol. The molecule has 1 saturated carbocycles. The van der Waals surface area contributed by atoms with Crippen molar-refractivity contribution in [3.8, 4) is 0 Å². The number of nitrogens with one attached hydrogen (secondary N) is 2. The van der Waals surface area contributed by atoms with E-state index in [0.717, 1.165) is 30.4 Å². The van der Waals surface area contributed by atoms with Crippen molar-refractivity contribution in [1.82, 2.24) is 10.6 Å². The summed E-state index contributed by atoms with van der Waals surface area (Å²) in [5, 5.41) is 14.6. The molecule has 0 bridgehead atoms. The summed E-state index contributed by atoms with van der Waals surface area (Å²) >= 11 is 0. The lowest BCUT2D eigenvalue weighted by Gasteiger charge is -2.10. The summed E-state index contributed by atoms with van der Waals surface area (Å²) in [7, 11) is 0. The third kappa shape index (κ3) is 4.77. The Morgan fingerprint density at radius 1 is 1.29 bits per heavy atom. The number of hydrogen-bond donors (Lipinski definition) is 3.